The van der Waals surface area contributed by atoms with E-state index < -0.39 is 11.0 Å². The number of hydrogen-bond donors (Lipinski definition) is 1. The second-order valence-electron chi connectivity index (χ2n) is 9.88. The number of aliphatic imine (C=N–C) groups is 1. The number of esters is 1. The molecule has 0 atom stereocenters. The van der Waals surface area contributed by atoms with Gasteiger partial charge in [-0.15, -0.1) is 0 Å². The first kappa shape index (κ1) is 23.2. The van der Waals surface area contributed by atoms with Crippen LogP contribution in [0.4, 0.5) is 5.69 Å². The molecule has 2 aromatic rings. The molecule has 2 aromatic carbocycles. The van der Waals surface area contributed by atoms with E-state index in [1.165, 1.54) is 0 Å². The summed E-state index contributed by atoms with van der Waals surface area (Å²) in [5.74, 6) is -0.254. The molecular formula is C27H29ClN2O3. The number of benzene rings is 2. The Kier molecular flexibility index (Phi) is 6.19. The van der Waals surface area contributed by atoms with E-state index in [0.717, 1.165) is 17.0 Å². The summed E-state index contributed by atoms with van der Waals surface area (Å²) < 4.78 is 6.00. The highest BCUT2D eigenvalue weighted by Crippen LogP contribution is 2.45. The lowest BCUT2D eigenvalue weighted by molar-refractivity contribution is -0.149. The molecule has 0 aromatic heterocycles. The zero-order valence-corrected chi connectivity index (χ0v) is 20.3. The lowest BCUT2D eigenvalue weighted by Crippen LogP contribution is -2.48. The molecule has 33 heavy (non-hydrogen) atoms. The van der Waals surface area contributed by atoms with Crippen molar-refractivity contribution in [2.75, 3.05) is 0 Å². The number of halogens is 1. The largest absolute Gasteiger partial charge is 0.427 e. The smallest absolute Gasteiger partial charge is 0.316 e. The molecule has 0 saturated heterocycles. The van der Waals surface area contributed by atoms with Gasteiger partial charge < -0.3 is 10.1 Å². The molecular weight excluding hydrogens is 436 g/mol. The fraction of sp³-hybridized carbons (Fsp3) is 0.370. The zero-order chi connectivity index (χ0) is 23.8. The van der Waals surface area contributed by atoms with E-state index in [-0.39, 0.29) is 11.9 Å². The highest BCUT2D eigenvalue weighted by Gasteiger charge is 2.50. The predicted octanol–water partition coefficient (Wildman–Crippen LogP) is 6.16. The van der Waals surface area contributed by atoms with E-state index in [1.807, 2.05) is 55.5 Å². The Balaban J connectivity index is 1.73. The van der Waals surface area contributed by atoms with E-state index in [2.05, 4.69) is 5.32 Å². The summed E-state index contributed by atoms with van der Waals surface area (Å²) in [6.45, 7) is 7.35. The van der Waals surface area contributed by atoms with E-state index in [1.54, 1.807) is 20.8 Å². The lowest BCUT2D eigenvalue weighted by Gasteiger charge is -2.36. The molecule has 1 spiro atoms. The molecule has 172 valence electrons. The van der Waals surface area contributed by atoms with Gasteiger partial charge in [-0.1, -0.05) is 41.9 Å². The summed E-state index contributed by atoms with van der Waals surface area (Å²) in [6, 6.07) is 15.4. The minimum Gasteiger partial charge on any atom is -0.427 e. The topological polar surface area (TPSA) is 67.8 Å². The number of ether oxygens (including phenoxy) is 1. The summed E-state index contributed by atoms with van der Waals surface area (Å²) in [4.78, 5) is 30.9. The van der Waals surface area contributed by atoms with Crippen molar-refractivity contribution in [2.24, 2.45) is 10.4 Å². The van der Waals surface area contributed by atoms with Crippen LogP contribution in [0.3, 0.4) is 0 Å². The maximum Gasteiger partial charge on any atom is 0.316 e. The Labute approximate surface area is 199 Å². The van der Waals surface area contributed by atoms with Crippen LogP contribution < -0.4 is 5.32 Å². The van der Waals surface area contributed by atoms with Gasteiger partial charge in [0.2, 0.25) is 0 Å². The average molecular weight is 465 g/mol. The first-order chi connectivity index (χ1) is 15.6. The van der Waals surface area contributed by atoms with Crippen LogP contribution in [0.15, 0.2) is 59.3 Å². The van der Waals surface area contributed by atoms with Gasteiger partial charge in [0.15, 0.2) is 0 Å². The second kappa shape index (κ2) is 8.79. The minimum absolute atomic E-state index is 0.263. The van der Waals surface area contributed by atoms with Crippen LogP contribution in [0.1, 0.15) is 57.6 Å². The molecule has 1 N–H and O–H groups in total. The van der Waals surface area contributed by atoms with Gasteiger partial charge in [-0.05, 0) is 77.1 Å². The van der Waals surface area contributed by atoms with Crippen LogP contribution in [-0.4, -0.2) is 23.1 Å². The molecule has 1 amide bonds. The molecule has 1 aliphatic heterocycles. The van der Waals surface area contributed by atoms with Gasteiger partial charge in [0.05, 0.1) is 22.2 Å². The van der Waals surface area contributed by atoms with E-state index >= 15 is 0 Å². The van der Waals surface area contributed by atoms with Gasteiger partial charge >= 0.3 is 5.97 Å². The number of para-hydroxylation sites is 1. The minimum atomic E-state index is -0.753. The fourth-order valence-corrected chi connectivity index (χ4v) is 4.58. The number of rotatable bonds is 3. The highest BCUT2D eigenvalue weighted by atomic mass is 35.5. The van der Waals surface area contributed by atoms with E-state index in [0.29, 0.717) is 47.6 Å². The van der Waals surface area contributed by atoms with Crippen LogP contribution in [0, 0.1) is 12.3 Å². The maximum atomic E-state index is 13.3. The first-order valence-electron chi connectivity index (χ1n) is 11.3. The Bertz CT molecular complexity index is 1150. The van der Waals surface area contributed by atoms with Crippen LogP contribution in [-0.2, 0) is 14.3 Å². The first-order valence-corrected chi connectivity index (χ1v) is 11.6. The van der Waals surface area contributed by atoms with Gasteiger partial charge in [0, 0.05) is 16.3 Å². The molecule has 5 nitrogen and oxygen atoms in total. The van der Waals surface area contributed by atoms with E-state index in [9.17, 15) is 9.59 Å². The predicted molar refractivity (Wildman–Crippen MR) is 132 cm³/mol. The summed E-state index contributed by atoms with van der Waals surface area (Å²) in [5, 5.41) is 3.61. The number of nitrogens with one attached hydrogen (secondary N) is 1. The molecule has 1 heterocycles. The second-order valence-corrected chi connectivity index (χ2v) is 10.3. The maximum absolute atomic E-state index is 13.3. The van der Waals surface area contributed by atoms with Crippen LogP contribution in [0.5, 0.6) is 0 Å². The lowest BCUT2D eigenvalue weighted by atomic mass is 9.79. The standard InChI is InChI=1S/C27H29ClN2O3/c1-17-10-11-20(21(28)16-17)22-23(33-25(32)26(2,3)4)27(30-24(22)31)14-12-19(13-15-27)29-18-8-6-5-7-9-18/h5-11,16H,12-15H2,1-4H3,(H,30,31). The number of amides is 1. The molecule has 2 aliphatic rings. The van der Waals surface area contributed by atoms with Crippen molar-refractivity contribution in [2.45, 2.75) is 58.9 Å². The van der Waals surface area contributed by atoms with Crippen molar-refractivity contribution in [3.05, 3.63) is 70.4 Å². The number of nitrogens with zero attached hydrogens (tertiary/aromatic N) is 1. The average Bonchev–Trinajstić information content (AvgIpc) is 3.01. The van der Waals surface area contributed by atoms with Crippen molar-refractivity contribution in [1.82, 2.24) is 5.32 Å². The van der Waals surface area contributed by atoms with Crippen molar-refractivity contribution in [3.8, 4) is 0 Å². The van der Waals surface area contributed by atoms with Gasteiger partial charge in [-0.25, -0.2) is 0 Å². The Morgan fingerprint density at radius 2 is 1.76 bits per heavy atom. The SMILES string of the molecule is Cc1ccc(C2=C(OC(=O)C(C)(C)C)C3(CCC(=Nc4ccccc4)CC3)NC2=O)c(Cl)c1. The summed E-state index contributed by atoms with van der Waals surface area (Å²) in [5.41, 5.74) is 2.45. The van der Waals surface area contributed by atoms with E-state index in [4.69, 9.17) is 21.3 Å². The number of carbonyl (C=O) groups is 2. The third kappa shape index (κ3) is 4.74. The monoisotopic (exact) mass is 464 g/mol. The summed E-state index contributed by atoms with van der Waals surface area (Å²) in [6.07, 6.45) is 2.59. The summed E-state index contributed by atoms with van der Waals surface area (Å²) in [7, 11) is 0. The number of hydrogen-bond acceptors (Lipinski definition) is 4. The molecule has 1 fully saturated rings. The van der Waals surface area contributed by atoms with Crippen LogP contribution in [0.25, 0.3) is 5.57 Å². The molecule has 4 rings (SSSR count). The third-order valence-corrected chi connectivity index (χ3v) is 6.48. The Morgan fingerprint density at radius 3 is 2.36 bits per heavy atom. The van der Waals surface area contributed by atoms with Crippen molar-refractivity contribution >= 4 is 40.4 Å². The number of carbonyl (C=O) groups excluding carboxylic acids is 2. The highest BCUT2D eigenvalue weighted by molar-refractivity contribution is 6.35. The van der Waals surface area contributed by atoms with Gasteiger partial charge in [0.1, 0.15) is 5.76 Å². The Hall–Kier alpha value is -2.92. The molecule has 1 aliphatic carbocycles. The van der Waals surface area contributed by atoms with Crippen molar-refractivity contribution in [1.29, 1.82) is 0 Å². The van der Waals surface area contributed by atoms with Crippen molar-refractivity contribution < 1.29 is 14.3 Å². The van der Waals surface area contributed by atoms with Crippen LogP contribution >= 0.6 is 11.6 Å². The Morgan fingerprint density at radius 1 is 1.09 bits per heavy atom. The zero-order valence-electron chi connectivity index (χ0n) is 19.5. The van der Waals surface area contributed by atoms with Gasteiger partial charge in [-0.3, -0.25) is 14.6 Å². The molecule has 0 bridgehead atoms. The van der Waals surface area contributed by atoms with Crippen molar-refractivity contribution in [3.63, 3.8) is 0 Å². The normalized spacial score (nSPS) is 20.8. The molecule has 0 unspecified atom stereocenters. The van der Waals surface area contributed by atoms with Gasteiger partial charge in [-0.2, -0.15) is 0 Å². The number of aryl methyl sites for hydroxylation is 1. The fourth-order valence-electron chi connectivity index (χ4n) is 4.26. The third-order valence-electron chi connectivity index (χ3n) is 6.17. The van der Waals surface area contributed by atoms with Gasteiger partial charge in [0.25, 0.3) is 5.91 Å². The molecule has 0 radical (unpaired) electrons. The van der Waals surface area contributed by atoms with Crippen LogP contribution in [0.2, 0.25) is 5.02 Å². The molecule has 1 saturated carbocycles. The quantitative estimate of drug-likeness (QED) is 0.552. The molecule has 6 heteroatoms. The summed E-state index contributed by atoms with van der Waals surface area (Å²) >= 11 is 6.53.